The van der Waals surface area contributed by atoms with Crippen molar-refractivity contribution in [2.75, 3.05) is 20.2 Å². The molecule has 0 aromatic carbocycles. The standard InChI is InChI=1S/C24H35NO4/c1-22-9-6-16(26)14-15(22)4-5-17-18(22)7-10-23(2)19(17)8-11-24(23,28)20(27)21-25(3)12-13-29-21/h14,17-19,21,28H,4-13H2,1-3H3/t17-,18+,19+,21?,22+,23+,24?/m1/s1. The molecule has 5 heteroatoms. The van der Waals surface area contributed by atoms with E-state index in [2.05, 4.69) is 13.8 Å². The topological polar surface area (TPSA) is 66.8 Å². The predicted molar refractivity (Wildman–Crippen MR) is 109 cm³/mol. The Hall–Kier alpha value is -1.04. The molecule has 5 nitrogen and oxygen atoms in total. The molecule has 7 atom stereocenters. The van der Waals surface area contributed by atoms with E-state index in [4.69, 9.17) is 4.74 Å². The molecule has 0 spiro atoms. The van der Waals surface area contributed by atoms with Crippen molar-refractivity contribution in [1.29, 1.82) is 0 Å². The minimum absolute atomic E-state index is 0.119. The van der Waals surface area contributed by atoms with Gasteiger partial charge >= 0.3 is 0 Å². The average Bonchev–Trinajstić information content (AvgIpc) is 3.23. The molecule has 29 heavy (non-hydrogen) atoms. The van der Waals surface area contributed by atoms with Crippen LogP contribution in [0.2, 0.25) is 0 Å². The van der Waals surface area contributed by atoms with Gasteiger partial charge in [0.25, 0.3) is 0 Å². The second-order valence-corrected chi connectivity index (χ2v) is 10.9. The fourth-order valence-corrected chi connectivity index (χ4v) is 8.01. The highest BCUT2D eigenvalue weighted by Crippen LogP contribution is 2.67. The highest BCUT2D eigenvalue weighted by Gasteiger charge is 2.67. The summed E-state index contributed by atoms with van der Waals surface area (Å²) in [6.07, 6.45) is 8.45. The predicted octanol–water partition coefficient (Wildman–Crippen LogP) is 3.11. The average molecular weight is 402 g/mol. The third-order valence-corrected chi connectivity index (χ3v) is 9.87. The van der Waals surface area contributed by atoms with Crippen LogP contribution in [0, 0.1) is 28.6 Å². The zero-order chi connectivity index (χ0) is 20.6. The number of Topliss-reactive ketones (excluding diaryl/α,β-unsaturated/α-hetero) is 1. The van der Waals surface area contributed by atoms with Gasteiger partial charge in [-0.3, -0.25) is 14.5 Å². The Morgan fingerprint density at radius 3 is 2.62 bits per heavy atom. The Balaban J connectivity index is 1.45. The van der Waals surface area contributed by atoms with Gasteiger partial charge in [-0.1, -0.05) is 19.4 Å². The minimum atomic E-state index is -1.29. The molecule has 5 rings (SSSR count). The van der Waals surface area contributed by atoms with E-state index in [9.17, 15) is 14.7 Å². The van der Waals surface area contributed by atoms with Crippen molar-refractivity contribution in [2.24, 2.45) is 28.6 Å². The van der Waals surface area contributed by atoms with Crippen LogP contribution in [0.1, 0.15) is 65.2 Å². The maximum absolute atomic E-state index is 13.5. The van der Waals surface area contributed by atoms with Gasteiger partial charge in [-0.2, -0.15) is 0 Å². The van der Waals surface area contributed by atoms with Gasteiger partial charge < -0.3 is 9.84 Å². The van der Waals surface area contributed by atoms with Gasteiger partial charge in [0.1, 0.15) is 5.60 Å². The maximum Gasteiger partial charge on any atom is 0.208 e. The first-order valence-electron chi connectivity index (χ1n) is 11.5. The lowest BCUT2D eigenvalue weighted by atomic mass is 9.46. The van der Waals surface area contributed by atoms with E-state index < -0.39 is 11.8 Å². The highest BCUT2D eigenvalue weighted by atomic mass is 16.5. The molecule has 4 aliphatic carbocycles. The number of aliphatic hydroxyl groups is 1. The molecule has 0 aromatic heterocycles. The van der Waals surface area contributed by atoms with Crippen molar-refractivity contribution in [2.45, 2.75) is 77.0 Å². The number of likely N-dealkylation sites (N-methyl/N-ethyl adjacent to an activating group) is 1. The van der Waals surface area contributed by atoms with E-state index in [-0.39, 0.29) is 22.4 Å². The van der Waals surface area contributed by atoms with Crippen LogP contribution in [0.25, 0.3) is 0 Å². The Morgan fingerprint density at radius 2 is 1.90 bits per heavy atom. The van der Waals surface area contributed by atoms with Crippen LogP contribution in [-0.4, -0.2) is 53.6 Å². The number of fused-ring (bicyclic) bond motifs is 5. The number of ether oxygens (including phenoxy) is 1. The van der Waals surface area contributed by atoms with Crippen LogP contribution in [0.3, 0.4) is 0 Å². The minimum Gasteiger partial charge on any atom is -0.381 e. The Labute approximate surface area is 173 Å². The SMILES string of the molecule is CN1CCOC1C(=O)C1(O)CC[C@H]2[C@@H]3CCC4=CC(=O)CC[C@]4(C)[C@H]3CC[C@@]21C. The third-order valence-electron chi connectivity index (χ3n) is 9.87. The summed E-state index contributed by atoms with van der Waals surface area (Å²) in [5.41, 5.74) is -0.174. The summed E-state index contributed by atoms with van der Waals surface area (Å²) >= 11 is 0. The lowest BCUT2D eigenvalue weighted by molar-refractivity contribution is -0.175. The van der Waals surface area contributed by atoms with Crippen molar-refractivity contribution in [3.63, 3.8) is 0 Å². The summed E-state index contributed by atoms with van der Waals surface area (Å²) < 4.78 is 5.71. The second kappa shape index (κ2) is 6.48. The first kappa shape index (κ1) is 19.9. The lowest BCUT2D eigenvalue weighted by Crippen LogP contribution is -2.60. The summed E-state index contributed by atoms with van der Waals surface area (Å²) in [5.74, 6) is 1.65. The van der Waals surface area contributed by atoms with Crippen LogP contribution >= 0.6 is 0 Å². The molecule has 2 unspecified atom stereocenters. The van der Waals surface area contributed by atoms with Crippen LogP contribution in [0.15, 0.2) is 11.6 Å². The van der Waals surface area contributed by atoms with Crippen molar-refractivity contribution >= 4 is 11.6 Å². The number of rotatable bonds is 2. The molecule has 160 valence electrons. The monoisotopic (exact) mass is 401 g/mol. The summed E-state index contributed by atoms with van der Waals surface area (Å²) in [5, 5.41) is 11.8. The van der Waals surface area contributed by atoms with Crippen molar-refractivity contribution in [1.82, 2.24) is 4.90 Å². The number of ketones is 2. The van der Waals surface area contributed by atoms with E-state index >= 15 is 0 Å². The number of allylic oxidation sites excluding steroid dienone is 1. The Morgan fingerprint density at radius 1 is 1.14 bits per heavy atom. The number of hydrogen-bond acceptors (Lipinski definition) is 5. The lowest BCUT2D eigenvalue weighted by Gasteiger charge is -2.59. The number of carbonyl (C=O) groups is 2. The van der Waals surface area contributed by atoms with Crippen LogP contribution in [-0.2, 0) is 14.3 Å². The Kier molecular flexibility index (Phi) is 4.44. The molecule has 0 amide bonds. The first-order chi connectivity index (χ1) is 13.7. The summed E-state index contributed by atoms with van der Waals surface area (Å²) in [7, 11) is 1.91. The van der Waals surface area contributed by atoms with Gasteiger partial charge in [0.15, 0.2) is 12.0 Å². The Bertz CT molecular complexity index is 777. The summed E-state index contributed by atoms with van der Waals surface area (Å²) in [6, 6.07) is 0. The van der Waals surface area contributed by atoms with Crippen molar-refractivity contribution in [3.8, 4) is 0 Å². The van der Waals surface area contributed by atoms with Crippen molar-refractivity contribution in [3.05, 3.63) is 11.6 Å². The fourth-order valence-electron chi connectivity index (χ4n) is 8.01. The quantitative estimate of drug-likeness (QED) is 0.770. The van der Waals surface area contributed by atoms with Gasteiger partial charge in [0, 0.05) is 18.4 Å². The summed E-state index contributed by atoms with van der Waals surface area (Å²) in [6.45, 7) is 5.84. The largest absolute Gasteiger partial charge is 0.381 e. The number of hydrogen-bond donors (Lipinski definition) is 1. The summed E-state index contributed by atoms with van der Waals surface area (Å²) in [4.78, 5) is 27.4. The van der Waals surface area contributed by atoms with Crippen LogP contribution in [0.5, 0.6) is 0 Å². The van der Waals surface area contributed by atoms with E-state index in [0.717, 1.165) is 45.1 Å². The smallest absolute Gasteiger partial charge is 0.208 e. The first-order valence-corrected chi connectivity index (χ1v) is 11.5. The van der Waals surface area contributed by atoms with Gasteiger partial charge in [-0.25, -0.2) is 0 Å². The molecule has 1 N–H and O–H groups in total. The molecule has 5 aliphatic rings. The van der Waals surface area contributed by atoms with Crippen LogP contribution in [0.4, 0.5) is 0 Å². The highest BCUT2D eigenvalue weighted by molar-refractivity contribution is 5.92. The van der Waals surface area contributed by atoms with Gasteiger partial charge in [0.05, 0.1) is 6.61 Å². The molecule has 0 aromatic rings. The van der Waals surface area contributed by atoms with Crippen LogP contribution < -0.4 is 0 Å². The maximum atomic E-state index is 13.5. The second-order valence-electron chi connectivity index (χ2n) is 10.9. The van der Waals surface area contributed by atoms with Gasteiger partial charge in [-0.15, -0.1) is 0 Å². The molecular formula is C24H35NO4. The molecule has 1 aliphatic heterocycles. The van der Waals surface area contributed by atoms with E-state index in [1.807, 2.05) is 18.0 Å². The van der Waals surface area contributed by atoms with Gasteiger partial charge in [-0.05, 0) is 81.2 Å². The number of carbonyl (C=O) groups excluding carboxylic acids is 2. The molecule has 1 heterocycles. The molecule has 1 saturated heterocycles. The van der Waals surface area contributed by atoms with Gasteiger partial charge in [0.2, 0.25) is 5.78 Å². The normalized spacial score (nSPS) is 49.9. The third kappa shape index (κ3) is 2.56. The fraction of sp³-hybridized carbons (Fsp3) is 0.833. The van der Waals surface area contributed by atoms with E-state index in [1.165, 1.54) is 5.57 Å². The van der Waals surface area contributed by atoms with E-state index in [1.54, 1.807) is 0 Å². The molecule has 0 bridgehead atoms. The van der Waals surface area contributed by atoms with E-state index in [0.29, 0.717) is 37.2 Å². The molecule has 4 fully saturated rings. The zero-order valence-corrected chi connectivity index (χ0v) is 18.1. The molecular weight excluding hydrogens is 366 g/mol. The molecule has 3 saturated carbocycles. The zero-order valence-electron chi connectivity index (χ0n) is 18.1. The van der Waals surface area contributed by atoms with Crippen molar-refractivity contribution < 1.29 is 19.4 Å². The molecule has 0 radical (unpaired) electrons. The number of nitrogens with zero attached hydrogens (tertiary/aromatic N) is 1.